The summed E-state index contributed by atoms with van der Waals surface area (Å²) in [5.74, 6) is -4.65. The largest absolute Gasteiger partial charge is 0.479 e. The van der Waals surface area contributed by atoms with Gasteiger partial charge in [0.15, 0.2) is 17.7 Å². The molecule has 3 unspecified atom stereocenters. The van der Waals surface area contributed by atoms with Gasteiger partial charge in [-0.25, -0.2) is 23.8 Å². The summed E-state index contributed by atoms with van der Waals surface area (Å²) in [7, 11) is 0. The van der Waals surface area contributed by atoms with E-state index in [4.69, 9.17) is 26.8 Å². The lowest BCUT2D eigenvalue weighted by molar-refractivity contribution is -0.188. The van der Waals surface area contributed by atoms with Crippen LogP contribution in [-0.4, -0.2) is 77.2 Å². The predicted molar refractivity (Wildman–Crippen MR) is 145 cm³/mol. The Labute approximate surface area is 241 Å². The lowest BCUT2D eigenvalue weighted by atomic mass is 9.92. The van der Waals surface area contributed by atoms with Gasteiger partial charge in [0.2, 0.25) is 5.28 Å². The van der Waals surface area contributed by atoms with Crippen LogP contribution in [0.3, 0.4) is 0 Å². The molecule has 0 radical (unpaired) electrons. The van der Waals surface area contributed by atoms with Gasteiger partial charge in [-0.05, 0) is 34.4 Å². The number of hydrogen-bond acceptors (Lipinski definition) is 9. The molecule has 1 saturated heterocycles. The molecule has 218 valence electrons. The molecule has 5 rings (SSSR count). The zero-order valence-electron chi connectivity index (χ0n) is 21.6. The zero-order valence-corrected chi connectivity index (χ0v) is 22.3. The highest BCUT2D eigenvalue weighted by Crippen LogP contribution is 2.35. The van der Waals surface area contributed by atoms with Crippen molar-refractivity contribution in [2.45, 2.75) is 36.9 Å². The van der Waals surface area contributed by atoms with Crippen LogP contribution in [0, 0.1) is 0 Å². The number of aromatic nitrogens is 4. The normalized spacial score (nSPS) is 18.8. The number of anilines is 1. The predicted octanol–water partition coefficient (Wildman–Crippen LogP) is 3.22. The Bertz CT molecular complexity index is 1670. The minimum Gasteiger partial charge on any atom is -0.479 e. The third-order valence-corrected chi connectivity index (χ3v) is 7.08. The van der Waals surface area contributed by atoms with Crippen LogP contribution in [-0.2, 0) is 25.5 Å². The fourth-order valence-electron chi connectivity index (χ4n) is 4.81. The van der Waals surface area contributed by atoms with Gasteiger partial charge in [0, 0.05) is 12.8 Å². The molecule has 5 N–H and O–H groups in total. The van der Waals surface area contributed by atoms with E-state index in [1.807, 2.05) is 0 Å². The average molecular weight is 600 g/mol. The van der Waals surface area contributed by atoms with Gasteiger partial charge in [-0.2, -0.15) is 9.97 Å². The monoisotopic (exact) mass is 599 g/mol. The Hall–Kier alpha value is -4.66. The summed E-state index contributed by atoms with van der Waals surface area (Å²) in [6, 6.07) is 12.4. The van der Waals surface area contributed by atoms with Crippen molar-refractivity contribution < 1.29 is 43.6 Å². The van der Waals surface area contributed by atoms with Crippen LogP contribution in [0.15, 0.2) is 54.9 Å². The van der Waals surface area contributed by atoms with E-state index in [1.165, 1.54) is 29.1 Å². The number of aliphatic carboxylic acids is 2. The highest BCUT2D eigenvalue weighted by Gasteiger charge is 2.50. The number of fused-ring (bicyclic) bond motifs is 1. The van der Waals surface area contributed by atoms with Crippen molar-refractivity contribution in [2.75, 3.05) is 12.3 Å². The molecule has 1 aliphatic heterocycles. The molecule has 3 atom stereocenters. The maximum atomic E-state index is 15.1. The Balaban J connectivity index is 1.33. The smallest absolute Gasteiger partial charge is 0.348 e. The van der Waals surface area contributed by atoms with E-state index in [1.54, 1.807) is 30.3 Å². The molecule has 2 aromatic carbocycles. The second kappa shape index (κ2) is 11.3. The number of ether oxygens (including phenoxy) is 2. The van der Waals surface area contributed by atoms with Gasteiger partial charge in [-0.15, -0.1) is 0 Å². The van der Waals surface area contributed by atoms with Gasteiger partial charge in [0.1, 0.15) is 11.7 Å². The number of alkyl halides is 1. The number of hydrogen-bond donors (Lipinski definition) is 4. The Morgan fingerprint density at radius 1 is 1.10 bits per heavy atom. The number of aromatic carboxylic acids is 1. The van der Waals surface area contributed by atoms with Crippen LogP contribution in [0.2, 0.25) is 5.28 Å². The number of carboxylic acids is 3. The van der Waals surface area contributed by atoms with Crippen molar-refractivity contribution in [1.29, 1.82) is 0 Å². The first-order chi connectivity index (χ1) is 20.0. The number of carbonyl (C=O) groups is 3. The summed E-state index contributed by atoms with van der Waals surface area (Å²) in [4.78, 5) is 48.0. The molecule has 4 aromatic rings. The summed E-state index contributed by atoms with van der Waals surface area (Å²) in [6.45, 7) is -0.551. The first-order valence-electron chi connectivity index (χ1n) is 12.5. The highest BCUT2D eigenvalue weighted by molar-refractivity contribution is 6.28. The fourth-order valence-corrected chi connectivity index (χ4v) is 4.98. The van der Waals surface area contributed by atoms with Gasteiger partial charge in [0.05, 0.1) is 24.6 Å². The molecule has 0 spiro atoms. The van der Waals surface area contributed by atoms with Crippen LogP contribution in [0.5, 0.6) is 0 Å². The molecule has 42 heavy (non-hydrogen) atoms. The Kier molecular flexibility index (Phi) is 7.77. The summed E-state index contributed by atoms with van der Waals surface area (Å²) in [6.07, 6.45) is -3.40. The average Bonchev–Trinajstić information content (AvgIpc) is 3.53. The maximum absolute atomic E-state index is 15.1. The van der Waals surface area contributed by atoms with Crippen molar-refractivity contribution >= 4 is 46.5 Å². The van der Waals surface area contributed by atoms with Crippen molar-refractivity contribution in [3.63, 3.8) is 0 Å². The van der Waals surface area contributed by atoms with Crippen LogP contribution >= 0.6 is 11.6 Å². The molecule has 0 aliphatic carbocycles. The van der Waals surface area contributed by atoms with Gasteiger partial charge in [-0.1, -0.05) is 42.5 Å². The molecule has 13 nitrogen and oxygen atoms in total. The number of halogens is 2. The summed E-state index contributed by atoms with van der Waals surface area (Å²) in [5.41, 5.74) is 4.73. The van der Waals surface area contributed by atoms with Gasteiger partial charge in [-0.3, -0.25) is 4.57 Å². The molecule has 0 bridgehead atoms. The Morgan fingerprint density at radius 2 is 1.79 bits per heavy atom. The molecule has 15 heteroatoms. The topological polar surface area (TPSA) is 200 Å². The summed E-state index contributed by atoms with van der Waals surface area (Å²) in [5, 5.41) is 29.2. The maximum Gasteiger partial charge on any atom is 0.348 e. The molecule has 1 aliphatic rings. The number of nitrogens with two attached hydrogens (primary N) is 1. The quantitative estimate of drug-likeness (QED) is 0.153. The van der Waals surface area contributed by atoms with Crippen LogP contribution in [0.1, 0.15) is 28.6 Å². The van der Waals surface area contributed by atoms with Crippen molar-refractivity contribution in [3.8, 4) is 11.1 Å². The number of rotatable bonds is 10. The molecule has 0 saturated carbocycles. The van der Waals surface area contributed by atoms with E-state index in [0.717, 1.165) is 0 Å². The number of nitrogen functional groups attached to an aromatic ring is 1. The summed E-state index contributed by atoms with van der Waals surface area (Å²) < 4.78 is 27.6. The number of carboxylic acid groups (broad SMARTS) is 3. The minimum atomic E-state index is -2.72. The molecule has 0 amide bonds. The minimum absolute atomic E-state index is 0.0103. The van der Waals surface area contributed by atoms with E-state index in [2.05, 4.69) is 15.0 Å². The van der Waals surface area contributed by atoms with E-state index < -0.39 is 55.0 Å². The van der Waals surface area contributed by atoms with Crippen molar-refractivity contribution in [2.24, 2.45) is 0 Å². The molecule has 1 fully saturated rings. The van der Waals surface area contributed by atoms with Gasteiger partial charge in [0.25, 0.3) is 5.60 Å². The lowest BCUT2D eigenvalue weighted by Gasteiger charge is -2.27. The molecule has 2 aromatic heterocycles. The number of benzene rings is 2. The standard InChI is InChI=1S/C27H23ClFN5O8/c28-26-32-20(30)19-21(33-26)34(12-31-19)22-18(29)9-15(42-22)11-41-27(24(37)38,25(39)40)10-13-5-7-14(8-6-13)16-3-1-2-4-17(16)23(35)36/h1-8,12,15,18,22H,9-11H2,(H,35,36)(H,37,38)(H,39,40)(H2,30,32,33). The number of imidazole rings is 1. The van der Waals surface area contributed by atoms with Crippen LogP contribution in [0.25, 0.3) is 22.3 Å². The first-order valence-corrected chi connectivity index (χ1v) is 12.9. The third-order valence-electron chi connectivity index (χ3n) is 6.91. The second-order valence-corrected chi connectivity index (χ2v) is 9.91. The van der Waals surface area contributed by atoms with Gasteiger partial charge >= 0.3 is 17.9 Å². The SMILES string of the molecule is Nc1nc(Cl)nc2c1ncn2C1OC(COC(Cc2ccc(-c3ccccc3C(=O)O)cc2)(C(=O)O)C(=O)O)CC1F. The van der Waals surface area contributed by atoms with E-state index in [0.29, 0.717) is 16.7 Å². The van der Waals surface area contributed by atoms with E-state index in [9.17, 15) is 29.7 Å². The van der Waals surface area contributed by atoms with Crippen molar-refractivity contribution in [3.05, 3.63) is 71.3 Å². The summed E-state index contributed by atoms with van der Waals surface area (Å²) >= 11 is 5.88. The third kappa shape index (κ3) is 5.34. The fraction of sp³-hybridized carbons (Fsp3) is 0.259. The zero-order chi connectivity index (χ0) is 30.2. The number of nitrogens with zero attached hydrogens (tertiary/aromatic N) is 4. The van der Waals surface area contributed by atoms with Crippen LogP contribution < -0.4 is 5.73 Å². The van der Waals surface area contributed by atoms with E-state index in [-0.39, 0.29) is 34.2 Å². The second-order valence-electron chi connectivity index (χ2n) is 9.58. The van der Waals surface area contributed by atoms with Crippen molar-refractivity contribution in [1.82, 2.24) is 19.5 Å². The first kappa shape index (κ1) is 28.9. The van der Waals surface area contributed by atoms with Gasteiger partial charge < -0.3 is 30.5 Å². The lowest BCUT2D eigenvalue weighted by Crippen LogP contribution is -2.52. The van der Waals surface area contributed by atoms with Crippen LogP contribution in [0.4, 0.5) is 10.2 Å². The molecule has 3 heterocycles. The Morgan fingerprint density at radius 3 is 2.45 bits per heavy atom. The highest BCUT2D eigenvalue weighted by atomic mass is 35.5. The molecular formula is C27H23ClFN5O8. The van der Waals surface area contributed by atoms with E-state index >= 15 is 4.39 Å². The molecular weight excluding hydrogens is 577 g/mol.